The second kappa shape index (κ2) is 10.1. The van der Waals surface area contributed by atoms with Crippen LogP contribution in [-0.2, 0) is 18.7 Å². The zero-order chi connectivity index (χ0) is 18.9. The maximum atomic E-state index is 11.2. The molecule has 0 atom stereocenters. The smallest absolute Gasteiger partial charge is 0.368 e. The van der Waals surface area contributed by atoms with Crippen LogP contribution in [0.3, 0.4) is 0 Å². The van der Waals surface area contributed by atoms with E-state index >= 15 is 0 Å². The topological polar surface area (TPSA) is 193 Å². The molecule has 0 bridgehead atoms. The molecule has 7 N–H and O–H groups in total. The molecule has 0 aliphatic carbocycles. The third kappa shape index (κ3) is 8.57. The Balaban J connectivity index is 0. The minimum absolute atomic E-state index is 0.194. The van der Waals surface area contributed by atoms with Crippen LogP contribution in [0, 0.1) is 0 Å². The van der Waals surface area contributed by atoms with Crippen LogP contribution in [0.15, 0.2) is 0 Å². The van der Waals surface area contributed by atoms with E-state index in [2.05, 4.69) is 10.6 Å². The van der Waals surface area contributed by atoms with Gasteiger partial charge in [-0.15, -0.1) is 0 Å². The van der Waals surface area contributed by atoms with E-state index in [0.717, 1.165) is 0 Å². The molecule has 0 heterocycles. The fourth-order valence-corrected chi connectivity index (χ4v) is 3.54. The molecule has 0 saturated carbocycles. The van der Waals surface area contributed by atoms with E-state index in [9.17, 15) is 23.8 Å². The van der Waals surface area contributed by atoms with Crippen molar-refractivity contribution in [2.24, 2.45) is 0 Å². The Morgan fingerprint density at radius 3 is 1.78 bits per heavy atom. The minimum Gasteiger partial charge on any atom is -0.368 e. The molecule has 0 unspecified atom stereocenters. The van der Waals surface area contributed by atoms with Crippen molar-refractivity contribution >= 4 is 27.0 Å². The molecule has 0 aromatic heterocycles. The predicted octanol–water partition coefficient (Wildman–Crippen LogP) is -0.953. The second-order valence-corrected chi connectivity index (χ2v) is 8.23. The summed E-state index contributed by atoms with van der Waals surface area (Å²) in [7, 11) is -11.0. The molecule has 13 heteroatoms. The quantitative estimate of drug-likeness (QED) is 0.206. The third-order valence-corrected chi connectivity index (χ3v) is 6.32. The Bertz CT molecular complexity index is 463. The van der Waals surface area contributed by atoms with Crippen LogP contribution in [0.2, 0.25) is 0 Å². The highest BCUT2D eigenvalue weighted by Crippen LogP contribution is 2.69. The molecular weight excluding hydrogens is 354 g/mol. The second-order valence-electron chi connectivity index (χ2n) is 4.23. The van der Waals surface area contributed by atoms with Crippen molar-refractivity contribution in [1.29, 1.82) is 0 Å². The lowest BCUT2D eigenvalue weighted by atomic mass is 10.3. The van der Waals surface area contributed by atoms with Gasteiger partial charge in [0.15, 0.2) is 0 Å². The zero-order valence-electron chi connectivity index (χ0n) is 13.1. The van der Waals surface area contributed by atoms with Crippen molar-refractivity contribution < 1.29 is 43.4 Å². The maximum Gasteiger partial charge on any atom is 0.369 e. The first kappa shape index (κ1) is 24.5. The fourth-order valence-electron chi connectivity index (χ4n) is 1.28. The van der Waals surface area contributed by atoms with Gasteiger partial charge in [-0.05, 0) is 6.42 Å². The Labute approximate surface area is 133 Å². The van der Waals surface area contributed by atoms with Gasteiger partial charge in [0.1, 0.15) is 0 Å². The van der Waals surface area contributed by atoms with Gasteiger partial charge in [-0.3, -0.25) is 18.7 Å². The van der Waals surface area contributed by atoms with E-state index < -0.39 is 38.5 Å². The molecule has 0 radical (unpaired) electrons. The Morgan fingerprint density at radius 2 is 1.43 bits per heavy atom. The molecule has 0 spiro atoms. The number of carbonyl (C=O) groups excluding carboxylic acids is 2. The SMILES string of the molecule is CC.CC(=O)NCC(=O)NCCCC(O)(P(=O)(O)O)P(=O)(O)O. The Kier molecular flexibility index (Phi) is 10.8. The molecule has 0 saturated heterocycles. The van der Waals surface area contributed by atoms with Crippen LogP contribution >= 0.6 is 15.2 Å². The molecule has 138 valence electrons. The summed E-state index contributed by atoms with van der Waals surface area (Å²) in [5, 5.41) is 10.5. The molecule has 0 aliphatic rings. The van der Waals surface area contributed by atoms with E-state index in [1.807, 2.05) is 13.8 Å². The summed E-state index contributed by atoms with van der Waals surface area (Å²) in [6, 6.07) is 0. The molecule has 0 fully saturated rings. The van der Waals surface area contributed by atoms with Crippen molar-refractivity contribution in [3.8, 4) is 0 Å². The van der Waals surface area contributed by atoms with Crippen molar-refractivity contribution in [3.05, 3.63) is 0 Å². The van der Waals surface area contributed by atoms with Crippen molar-refractivity contribution in [2.75, 3.05) is 13.1 Å². The fraction of sp³-hybridized carbons (Fsp3) is 0.800. The molecule has 2 amide bonds. The third-order valence-electron chi connectivity index (χ3n) is 2.44. The number of hydrogen-bond donors (Lipinski definition) is 7. The van der Waals surface area contributed by atoms with Gasteiger partial charge in [0.05, 0.1) is 6.54 Å². The highest BCUT2D eigenvalue weighted by Gasteiger charge is 2.58. The number of rotatable bonds is 8. The van der Waals surface area contributed by atoms with Crippen molar-refractivity contribution in [2.45, 2.75) is 38.7 Å². The van der Waals surface area contributed by atoms with Crippen LogP contribution in [0.25, 0.3) is 0 Å². The summed E-state index contributed by atoms with van der Waals surface area (Å²) >= 11 is 0. The van der Waals surface area contributed by atoms with Gasteiger partial charge in [0.25, 0.3) is 5.08 Å². The zero-order valence-corrected chi connectivity index (χ0v) is 14.9. The lowest BCUT2D eigenvalue weighted by Crippen LogP contribution is -2.37. The molecule has 23 heavy (non-hydrogen) atoms. The monoisotopic (exact) mass is 378 g/mol. The van der Waals surface area contributed by atoms with Gasteiger partial charge < -0.3 is 35.3 Å². The van der Waals surface area contributed by atoms with Gasteiger partial charge in [-0.2, -0.15) is 0 Å². The summed E-state index contributed by atoms with van der Waals surface area (Å²) in [6.07, 6.45) is -1.21. The highest BCUT2D eigenvalue weighted by atomic mass is 31.2. The van der Waals surface area contributed by atoms with Crippen molar-refractivity contribution in [3.63, 3.8) is 0 Å². The van der Waals surface area contributed by atoms with Crippen LogP contribution in [0.1, 0.15) is 33.6 Å². The van der Waals surface area contributed by atoms with Crippen molar-refractivity contribution in [1.82, 2.24) is 10.6 Å². The molecule has 0 aromatic carbocycles. The van der Waals surface area contributed by atoms with E-state index in [0.29, 0.717) is 0 Å². The van der Waals surface area contributed by atoms with Gasteiger partial charge in [-0.1, -0.05) is 13.8 Å². The van der Waals surface area contributed by atoms with Gasteiger partial charge in [-0.25, -0.2) is 0 Å². The predicted molar refractivity (Wildman–Crippen MR) is 81.3 cm³/mol. The van der Waals surface area contributed by atoms with Gasteiger partial charge in [0, 0.05) is 19.9 Å². The van der Waals surface area contributed by atoms with Crippen LogP contribution in [-0.4, -0.2) is 54.7 Å². The molecular formula is C10H24N2O9P2. The summed E-state index contributed by atoms with van der Waals surface area (Å²) in [5.41, 5.74) is 0. The van der Waals surface area contributed by atoms with E-state index in [1.54, 1.807) is 0 Å². The largest absolute Gasteiger partial charge is 0.369 e. The Morgan fingerprint density at radius 1 is 1.00 bits per heavy atom. The average molecular weight is 378 g/mol. The minimum atomic E-state index is -5.48. The first-order valence-electron chi connectivity index (χ1n) is 6.66. The maximum absolute atomic E-state index is 11.2. The van der Waals surface area contributed by atoms with Crippen LogP contribution in [0.4, 0.5) is 0 Å². The Hall–Kier alpha value is -0.800. The van der Waals surface area contributed by atoms with E-state index in [-0.39, 0.29) is 19.5 Å². The normalized spacial score (nSPS) is 12.0. The highest BCUT2D eigenvalue weighted by molar-refractivity contribution is 7.72. The first-order valence-corrected chi connectivity index (χ1v) is 9.88. The summed E-state index contributed by atoms with van der Waals surface area (Å²) in [4.78, 5) is 57.1. The number of aliphatic hydroxyl groups is 1. The van der Waals surface area contributed by atoms with Gasteiger partial charge in [0.2, 0.25) is 11.8 Å². The lowest BCUT2D eigenvalue weighted by Gasteiger charge is -2.29. The molecule has 0 aliphatic heterocycles. The summed E-state index contributed by atoms with van der Waals surface area (Å²) < 4.78 is 22.0. The standard InChI is InChI=1S/C8H18N2O9P2.C2H6/c1-6(11)10-5-7(12)9-4-2-3-8(13,20(14,15)16)21(17,18)19;1-2/h13H,2-5H2,1H3,(H,9,12)(H,10,11)(H2,14,15,16)(H2,17,18,19);1-2H3. The lowest BCUT2D eigenvalue weighted by molar-refractivity contribution is -0.125. The first-order chi connectivity index (χ1) is 10.3. The summed E-state index contributed by atoms with van der Waals surface area (Å²) in [6.45, 7) is 4.70. The van der Waals surface area contributed by atoms with E-state index in [4.69, 9.17) is 19.6 Å². The van der Waals surface area contributed by atoms with Crippen LogP contribution < -0.4 is 10.6 Å². The summed E-state index contributed by atoms with van der Waals surface area (Å²) in [5.74, 6) is -1.02. The molecule has 0 aromatic rings. The number of nitrogens with one attached hydrogen (secondary N) is 2. The molecule has 11 nitrogen and oxygen atoms in total. The number of carbonyl (C=O) groups is 2. The average Bonchev–Trinajstić information content (AvgIpc) is 2.40. The van der Waals surface area contributed by atoms with Crippen LogP contribution in [0.5, 0.6) is 0 Å². The molecule has 0 rings (SSSR count). The van der Waals surface area contributed by atoms with E-state index in [1.165, 1.54) is 6.92 Å². The number of hydrogen-bond acceptors (Lipinski definition) is 5. The number of amides is 2. The van der Waals surface area contributed by atoms with Gasteiger partial charge >= 0.3 is 15.2 Å².